The van der Waals surface area contributed by atoms with E-state index in [0.29, 0.717) is 6.04 Å². The minimum atomic E-state index is 0.687. The molecule has 1 aromatic rings. The smallest absolute Gasteiger partial charge is 0.202 e. The Bertz CT molecular complexity index is 321. The number of rotatable bonds is 5. The van der Waals surface area contributed by atoms with Gasteiger partial charge in [-0.25, -0.2) is 4.98 Å². The molecule has 1 aliphatic heterocycles. The molecule has 16 heavy (non-hydrogen) atoms. The van der Waals surface area contributed by atoms with Gasteiger partial charge in [0.1, 0.15) is 0 Å². The van der Waals surface area contributed by atoms with Crippen molar-refractivity contribution in [3.05, 3.63) is 12.4 Å². The lowest BCUT2D eigenvalue weighted by molar-refractivity contribution is 0.276. The summed E-state index contributed by atoms with van der Waals surface area (Å²) in [6.45, 7) is 8.79. The van der Waals surface area contributed by atoms with E-state index in [2.05, 4.69) is 33.6 Å². The van der Waals surface area contributed by atoms with Crippen LogP contribution >= 0.6 is 0 Å². The normalized spacial score (nSPS) is 21.5. The molecule has 1 fully saturated rings. The Balaban J connectivity index is 1.87. The van der Waals surface area contributed by atoms with Crippen LogP contribution in [0.3, 0.4) is 0 Å². The van der Waals surface area contributed by atoms with Crippen molar-refractivity contribution in [1.29, 1.82) is 0 Å². The Labute approximate surface area is 97.7 Å². The third kappa shape index (κ3) is 2.38. The Morgan fingerprint density at radius 2 is 2.31 bits per heavy atom. The average molecular weight is 222 g/mol. The first kappa shape index (κ1) is 11.5. The molecule has 1 unspecified atom stereocenters. The standard InChI is InChI=1S/C12H22N4/c1-3-15-8-5-6-11(15)10-14-12-13-7-9-16(12)4-2/h7,9,11H,3-6,8,10H2,1-2H3,(H,13,14). The molecule has 0 saturated carbocycles. The number of aryl methyl sites for hydroxylation is 1. The highest BCUT2D eigenvalue weighted by Crippen LogP contribution is 2.17. The molecule has 4 heteroatoms. The van der Waals surface area contributed by atoms with E-state index >= 15 is 0 Å². The number of likely N-dealkylation sites (N-methyl/N-ethyl adjacent to an activating group) is 1. The quantitative estimate of drug-likeness (QED) is 0.824. The van der Waals surface area contributed by atoms with Gasteiger partial charge in [-0.05, 0) is 32.9 Å². The lowest BCUT2D eigenvalue weighted by Gasteiger charge is -2.23. The van der Waals surface area contributed by atoms with Crippen molar-refractivity contribution in [2.75, 3.05) is 25.0 Å². The van der Waals surface area contributed by atoms with Crippen molar-refractivity contribution in [3.8, 4) is 0 Å². The van der Waals surface area contributed by atoms with Gasteiger partial charge in [0.25, 0.3) is 0 Å². The van der Waals surface area contributed by atoms with E-state index in [1.807, 2.05) is 12.4 Å². The van der Waals surface area contributed by atoms with Crippen molar-refractivity contribution in [1.82, 2.24) is 14.5 Å². The lowest BCUT2D eigenvalue weighted by atomic mass is 10.2. The Morgan fingerprint density at radius 3 is 3.06 bits per heavy atom. The Kier molecular flexibility index (Phi) is 3.83. The second-order valence-corrected chi connectivity index (χ2v) is 4.34. The molecule has 4 nitrogen and oxygen atoms in total. The van der Waals surface area contributed by atoms with Gasteiger partial charge in [-0.15, -0.1) is 0 Å². The number of nitrogens with zero attached hydrogens (tertiary/aromatic N) is 3. The van der Waals surface area contributed by atoms with E-state index in [0.717, 1.165) is 25.6 Å². The van der Waals surface area contributed by atoms with Crippen LogP contribution in [0, 0.1) is 0 Å². The molecule has 2 rings (SSSR count). The molecule has 0 aliphatic carbocycles. The fourth-order valence-electron chi connectivity index (χ4n) is 2.48. The number of aromatic nitrogens is 2. The van der Waals surface area contributed by atoms with Crippen LogP contribution in [0.2, 0.25) is 0 Å². The topological polar surface area (TPSA) is 33.1 Å². The van der Waals surface area contributed by atoms with E-state index in [9.17, 15) is 0 Å². The van der Waals surface area contributed by atoms with Crippen LogP contribution in [-0.4, -0.2) is 40.1 Å². The van der Waals surface area contributed by atoms with Gasteiger partial charge >= 0.3 is 0 Å². The highest BCUT2D eigenvalue weighted by molar-refractivity contribution is 5.26. The average Bonchev–Trinajstić information content (AvgIpc) is 2.94. The molecular formula is C12H22N4. The summed E-state index contributed by atoms with van der Waals surface area (Å²) in [6.07, 6.45) is 6.53. The van der Waals surface area contributed by atoms with Crippen molar-refractivity contribution >= 4 is 5.95 Å². The second-order valence-electron chi connectivity index (χ2n) is 4.34. The molecule has 1 aliphatic rings. The zero-order valence-electron chi connectivity index (χ0n) is 10.3. The summed E-state index contributed by atoms with van der Waals surface area (Å²) in [5, 5.41) is 3.46. The van der Waals surface area contributed by atoms with Gasteiger partial charge in [-0.3, -0.25) is 4.90 Å². The van der Waals surface area contributed by atoms with Gasteiger partial charge in [0.2, 0.25) is 5.95 Å². The molecular weight excluding hydrogens is 200 g/mol. The zero-order chi connectivity index (χ0) is 11.4. The van der Waals surface area contributed by atoms with Crippen molar-refractivity contribution in [2.24, 2.45) is 0 Å². The maximum atomic E-state index is 4.33. The van der Waals surface area contributed by atoms with Gasteiger partial charge in [0.15, 0.2) is 0 Å². The number of anilines is 1. The van der Waals surface area contributed by atoms with Crippen molar-refractivity contribution in [3.63, 3.8) is 0 Å². The van der Waals surface area contributed by atoms with Gasteiger partial charge in [-0.1, -0.05) is 6.92 Å². The summed E-state index contributed by atoms with van der Waals surface area (Å²) >= 11 is 0. The molecule has 1 saturated heterocycles. The number of likely N-dealkylation sites (tertiary alicyclic amines) is 1. The number of hydrogen-bond donors (Lipinski definition) is 1. The van der Waals surface area contributed by atoms with Crippen LogP contribution in [0.4, 0.5) is 5.95 Å². The van der Waals surface area contributed by atoms with Gasteiger partial charge in [0.05, 0.1) is 0 Å². The molecule has 1 N–H and O–H groups in total. The first-order chi connectivity index (χ1) is 7.85. The van der Waals surface area contributed by atoms with Crippen molar-refractivity contribution in [2.45, 2.75) is 39.3 Å². The molecule has 90 valence electrons. The summed E-state index contributed by atoms with van der Waals surface area (Å²) < 4.78 is 2.14. The molecule has 0 radical (unpaired) electrons. The number of imidazole rings is 1. The monoisotopic (exact) mass is 222 g/mol. The first-order valence-electron chi connectivity index (χ1n) is 6.34. The molecule has 0 aromatic carbocycles. The largest absolute Gasteiger partial charge is 0.354 e. The van der Waals surface area contributed by atoms with Gasteiger partial charge in [0, 0.05) is 31.5 Å². The summed E-state index contributed by atoms with van der Waals surface area (Å²) in [7, 11) is 0. The summed E-state index contributed by atoms with van der Waals surface area (Å²) in [5.41, 5.74) is 0. The van der Waals surface area contributed by atoms with Crippen LogP contribution in [-0.2, 0) is 6.54 Å². The van der Waals surface area contributed by atoms with Crippen molar-refractivity contribution < 1.29 is 0 Å². The zero-order valence-corrected chi connectivity index (χ0v) is 10.3. The predicted octanol–water partition coefficient (Wildman–Crippen LogP) is 1.80. The highest BCUT2D eigenvalue weighted by Gasteiger charge is 2.22. The number of hydrogen-bond acceptors (Lipinski definition) is 3. The third-order valence-electron chi connectivity index (χ3n) is 3.46. The fraction of sp³-hybridized carbons (Fsp3) is 0.750. The molecule has 0 bridgehead atoms. The van der Waals surface area contributed by atoms with Crippen LogP contribution in [0.15, 0.2) is 12.4 Å². The second kappa shape index (κ2) is 5.34. The lowest BCUT2D eigenvalue weighted by Crippen LogP contribution is -2.35. The first-order valence-corrected chi connectivity index (χ1v) is 6.34. The van der Waals surface area contributed by atoms with Crippen LogP contribution < -0.4 is 5.32 Å². The van der Waals surface area contributed by atoms with E-state index in [4.69, 9.17) is 0 Å². The van der Waals surface area contributed by atoms with E-state index in [1.165, 1.54) is 19.4 Å². The SMILES string of the molecule is CCN1CCCC1CNc1nccn1CC. The highest BCUT2D eigenvalue weighted by atomic mass is 15.2. The molecule has 1 aromatic heterocycles. The van der Waals surface area contributed by atoms with Crippen LogP contribution in [0.5, 0.6) is 0 Å². The summed E-state index contributed by atoms with van der Waals surface area (Å²) in [5.74, 6) is 1.01. The minimum Gasteiger partial charge on any atom is -0.354 e. The minimum absolute atomic E-state index is 0.687. The number of nitrogens with one attached hydrogen (secondary N) is 1. The van der Waals surface area contributed by atoms with E-state index in [1.54, 1.807) is 0 Å². The Morgan fingerprint density at radius 1 is 1.44 bits per heavy atom. The van der Waals surface area contributed by atoms with Crippen LogP contribution in [0.25, 0.3) is 0 Å². The maximum absolute atomic E-state index is 4.33. The molecule has 0 spiro atoms. The van der Waals surface area contributed by atoms with E-state index in [-0.39, 0.29) is 0 Å². The van der Waals surface area contributed by atoms with Gasteiger partial charge < -0.3 is 9.88 Å². The maximum Gasteiger partial charge on any atom is 0.202 e. The predicted molar refractivity (Wildman–Crippen MR) is 66.7 cm³/mol. The Hall–Kier alpha value is -1.03. The summed E-state index contributed by atoms with van der Waals surface area (Å²) in [6, 6.07) is 0.687. The third-order valence-corrected chi connectivity index (χ3v) is 3.46. The van der Waals surface area contributed by atoms with Gasteiger partial charge in [-0.2, -0.15) is 0 Å². The van der Waals surface area contributed by atoms with E-state index < -0.39 is 0 Å². The molecule has 2 heterocycles. The van der Waals surface area contributed by atoms with Crippen LogP contribution in [0.1, 0.15) is 26.7 Å². The molecule has 1 atom stereocenters. The summed E-state index contributed by atoms with van der Waals surface area (Å²) in [4.78, 5) is 6.88. The molecule has 0 amide bonds. The fourth-order valence-corrected chi connectivity index (χ4v) is 2.48.